The first-order valence-corrected chi connectivity index (χ1v) is 9.09. The maximum absolute atomic E-state index is 12.9. The Kier molecular flexibility index (Phi) is 4.77. The topological polar surface area (TPSA) is 107 Å². The first-order valence-electron chi connectivity index (χ1n) is 9.09. The van der Waals surface area contributed by atoms with Gasteiger partial charge in [-0.15, -0.1) is 0 Å². The molecular weight excluding hydrogens is 334 g/mol. The summed E-state index contributed by atoms with van der Waals surface area (Å²) >= 11 is 0. The van der Waals surface area contributed by atoms with E-state index in [-0.39, 0.29) is 30.3 Å². The average molecular weight is 361 g/mol. The number of hydrogen-bond donors (Lipinski definition) is 3. The lowest BCUT2D eigenvalue weighted by molar-refractivity contribution is -0.136. The van der Waals surface area contributed by atoms with E-state index in [0.29, 0.717) is 18.8 Å². The molecule has 0 radical (unpaired) electrons. The molecule has 142 valence electrons. The van der Waals surface area contributed by atoms with Crippen LogP contribution in [0, 0.1) is 11.3 Å². The molecule has 0 bridgehead atoms. The fourth-order valence-electron chi connectivity index (χ4n) is 3.91. The van der Waals surface area contributed by atoms with Gasteiger partial charge in [0, 0.05) is 6.20 Å². The summed E-state index contributed by atoms with van der Waals surface area (Å²) in [7, 11) is 0. The lowest BCUT2D eigenvalue weighted by atomic mass is 9.67. The number of hydrogen-bond acceptors (Lipinski definition) is 4. The van der Waals surface area contributed by atoms with Gasteiger partial charge in [-0.1, -0.05) is 20.8 Å². The van der Waals surface area contributed by atoms with E-state index in [2.05, 4.69) is 41.4 Å². The third kappa shape index (κ3) is 3.59. The van der Waals surface area contributed by atoms with Gasteiger partial charge in [0.25, 0.3) is 5.91 Å². The van der Waals surface area contributed by atoms with Crippen molar-refractivity contribution < 1.29 is 14.4 Å². The highest BCUT2D eigenvalue weighted by Gasteiger charge is 2.53. The molecule has 8 heteroatoms. The molecule has 0 aromatic carbocycles. The van der Waals surface area contributed by atoms with Crippen LogP contribution in [-0.4, -0.2) is 44.8 Å². The van der Waals surface area contributed by atoms with Crippen molar-refractivity contribution in [3.05, 3.63) is 18.2 Å². The number of H-pyrrole nitrogens is 1. The van der Waals surface area contributed by atoms with Gasteiger partial charge in [0.2, 0.25) is 5.91 Å². The number of nitrogens with one attached hydrogen (secondary N) is 3. The monoisotopic (exact) mass is 361 g/mol. The van der Waals surface area contributed by atoms with E-state index in [1.165, 1.54) is 6.33 Å². The molecule has 2 heterocycles. The van der Waals surface area contributed by atoms with Gasteiger partial charge in [0.05, 0.1) is 18.6 Å². The molecule has 3 rings (SSSR count). The van der Waals surface area contributed by atoms with Gasteiger partial charge in [0.1, 0.15) is 12.1 Å². The van der Waals surface area contributed by atoms with Crippen LogP contribution in [0.1, 0.15) is 52.1 Å². The first-order chi connectivity index (χ1) is 12.2. The minimum Gasteiger partial charge on any atom is -0.349 e. The molecule has 1 spiro atoms. The smallest absolute Gasteiger partial charge is 0.325 e. The van der Waals surface area contributed by atoms with Crippen LogP contribution in [0.3, 0.4) is 0 Å². The maximum atomic E-state index is 12.9. The van der Waals surface area contributed by atoms with E-state index >= 15 is 0 Å². The number of imide groups is 1. The summed E-state index contributed by atoms with van der Waals surface area (Å²) in [5.74, 6) is -0.111. The van der Waals surface area contributed by atoms with Gasteiger partial charge in [0.15, 0.2) is 0 Å². The Labute approximate surface area is 153 Å². The molecule has 1 aromatic heterocycles. The molecule has 8 nitrogen and oxygen atoms in total. The van der Waals surface area contributed by atoms with E-state index in [1.54, 1.807) is 6.20 Å². The van der Waals surface area contributed by atoms with Crippen LogP contribution >= 0.6 is 0 Å². The summed E-state index contributed by atoms with van der Waals surface area (Å²) in [6.45, 7) is 6.65. The summed E-state index contributed by atoms with van der Waals surface area (Å²) < 4.78 is 0. The fourth-order valence-corrected chi connectivity index (χ4v) is 3.91. The van der Waals surface area contributed by atoms with Crippen molar-refractivity contribution in [1.29, 1.82) is 0 Å². The number of amides is 4. The number of aromatic nitrogens is 2. The Morgan fingerprint density at radius 1 is 1.35 bits per heavy atom. The van der Waals surface area contributed by atoms with Gasteiger partial charge < -0.3 is 15.6 Å². The summed E-state index contributed by atoms with van der Waals surface area (Å²) in [6, 6.07) is -0.471. The summed E-state index contributed by atoms with van der Waals surface area (Å²) in [6.07, 6.45) is 6.19. The van der Waals surface area contributed by atoms with E-state index in [9.17, 15) is 14.4 Å². The second kappa shape index (κ2) is 6.74. The predicted molar refractivity (Wildman–Crippen MR) is 94.8 cm³/mol. The van der Waals surface area contributed by atoms with Gasteiger partial charge in [-0.05, 0) is 37.0 Å². The van der Waals surface area contributed by atoms with Crippen molar-refractivity contribution in [1.82, 2.24) is 25.5 Å². The van der Waals surface area contributed by atoms with Crippen LogP contribution in [0.15, 0.2) is 12.5 Å². The Morgan fingerprint density at radius 3 is 2.62 bits per heavy atom. The number of carbonyl (C=O) groups is 3. The number of urea groups is 1. The third-order valence-corrected chi connectivity index (χ3v) is 5.64. The molecule has 2 aliphatic rings. The minimum atomic E-state index is -0.831. The second-order valence-electron chi connectivity index (χ2n) is 8.40. The van der Waals surface area contributed by atoms with Crippen LogP contribution in [0.4, 0.5) is 4.79 Å². The quantitative estimate of drug-likeness (QED) is 0.707. The number of aromatic amines is 1. The van der Waals surface area contributed by atoms with Crippen LogP contribution in [0.5, 0.6) is 0 Å². The zero-order valence-corrected chi connectivity index (χ0v) is 15.6. The van der Waals surface area contributed by atoms with Crippen LogP contribution < -0.4 is 10.6 Å². The minimum absolute atomic E-state index is 0.194. The van der Waals surface area contributed by atoms with E-state index in [1.807, 2.05) is 0 Å². The van der Waals surface area contributed by atoms with Crippen LogP contribution in [-0.2, 0) is 16.1 Å². The molecule has 1 aliphatic carbocycles. The molecule has 3 N–H and O–H groups in total. The third-order valence-electron chi connectivity index (χ3n) is 5.64. The van der Waals surface area contributed by atoms with Gasteiger partial charge in [-0.3, -0.25) is 14.5 Å². The molecule has 1 aromatic rings. The number of rotatable bonds is 4. The van der Waals surface area contributed by atoms with E-state index in [4.69, 9.17) is 0 Å². The molecule has 0 atom stereocenters. The van der Waals surface area contributed by atoms with Crippen LogP contribution in [0.2, 0.25) is 0 Å². The van der Waals surface area contributed by atoms with Crippen molar-refractivity contribution in [2.45, 2.75) is 58.5 Å². The molecule has 1 aliphatic heterocycles. The fraction of sp³-hybridized carbons (Fsp3) is 0.667. The molecule has 1 saturated heterocycles. The van der Waals surface area contributed by atoms with Crippen molar-refractivity contribution in [2.75, 3.05) is 6.54 Å². The highest BCUT2D eigenvalue weighted by Crippen LogP contribution is 2.43. The largest absolute Gasteiger partial charge is 0.349 e. The average Bonchev–Trinajstić information content (AvgIpc) is 3.16. The standard InChI is InChI=1S/C18H27N5O3/c1-17(2,3)12-4-6-18(7-5-12)15(25)23(16(26)22-18)10-14(24)20-9-13-8-19-11-21-13/h8,11-12H,4-7,9-10H2,1-3H3,(H,19,21)(H,20,24)(H,22,26). The summed E-state index contributed by atoms with van der Waals surface area (Å²) in [4.78, 5) is 45.1. The molecule has 4 amide bonds. The van der Waals surface area contributed by atoms with Gasteiger partial charge in [-0.2, -0.15) is 0 Å². The number of imidazole rings is 1. The lowest BCUT2D eigenvalue weighted by Gasteiger charge is -2.40. The van der Waals surface area contributed by atoms with E-state index < -0.39 is 11.6 Å². The van der Waals surface area contributed by atoms with Crippen molar-refractivity contribution in [3.8, 4) is 0 Å². The Balaban J connectivity index is 1.58. The Bertz CT molecular complexity index is 684. The molecular formula is C18H27N5O3. The van der Waals surface area contributed by atoms with Crippen molar-refractivity contribution in [3.63, 3.8) is 0 Å². The lowest BCUT2D eigenvalue weighted by Crippen LogP contribution is -2.51. The predicted octanol–water partition coefficient (Wildman–Crippen LogP) is 1.55. The maximum Gasteiger partial charge on any atom is 0.325 e. The zero-order chi connectivity index (χ0) is 18.9. The highest BCUT2D eigenvalue weighted by atomic mass is 16.2. The highest BCUT2D eigenvalue weighted by molar-refractivity contribution is 6.09. The van der Waals surface area contributed by atoms with Crippen molar-refractivity contribution >= 4 is 17.8 Å². The van der Waals surface area contributed by atoms with Gasteiger partial charge in [-0.25, -0.2) is 9.78 Å². The first kappa shape index (κ1) is 18.4. The molecule has 26 heavy (non-hydrogen) atoms. The molecule has 1 saturated carbocycles. The van der Waals surface area contributed by atoms with E-state index in [0.717, 1.165) is 23.4 Å². The van der Waals surface area contributed by atoms with Crippen molar-refractivity contribution in [2.24, 2.45) is 11.3 Å². The van der Waals surface area contributed by atoms with Crippen LogP contribution in [0.25, 0.3) is 0 Å². The number of nitrogens with zero attached hydrogens (tertiary/aromatic N) is 2. The zero-order valence-electron chi connectivity index (χ0n) is 15.6. The number of carbonyl (C=O) groups excluding carboxylic acids is 3. The Hall–Kier alpha value is -2.38. The normalized spacial score (nSPS) is 26.3. The summed E-state index contributed by atoms with van der Waals surface area (Å²) in [5.41, 5.74) is 0.120. The second-order valence-corrected chi connectivity index (χ2v) is 8.40. The molecule has 2 fully saturated rings. The Morgan fingerprint density at radius 2 is 2.04 bits per heavy atom. The summed E-state index contributed by atoms with van der Waals surface area (Å²) in [5, 5.41) is 5.54. The SMILES string of the molecule is CC(C)(C)C1CCC2(CC1)NC(=O)N(CC(=O)NCc1cnc[nH]1)C2=O. The molecule has 0 unspecified atom stereocenters. The van der Waals surface area contributed by atoms with Gasteiger partial charge >= 0.3 is 6.03 Å².